The lowest BCUT2D eigenvalue weighted by Gasteiger charge is -2.20. The first-order valence-electron chi connectivity index (χ1n) is 7.57. The standard InChI is InChI=1S/C20H18N2O/c1-15-12-13-18(14-21-15)20(23)22-19(16-8-4-2-5-9-16)17-10-6-3-7-11-17/h2-14,19H,1H3,(H,22,23). The van der Waals surface area contributed by atoms with E-state index in [1.165, 1.54) is 0 Å². The van der Waals surface area contributed by atoms with Crippen molar-refractivity contribution in [1.29, 1.82) is 0 Å². The summed E-state index contributed by atoms with van der Waals surface area (Å²) >= 11 is 0. The van der Waals surface area contributed by atoms with Crippen LogP contribution >= 0.6 is 0 Å². The van der Waals surface area contributed by atoms with Gasteiger partial charge in [0.25, 0.3) is 5.91 Å². The third-order valence-electron chi connectivity index (χ3n) is 3.71. The second-order valence-electron chi connectivity index (χ2n) is 5.42. The summed E-state index contributed by atoms with van der Waals surface area (Å²) in [6, 6.07) is 23.4. The Kier molecular flexibility index (Phi) is 4.48. The molecule has 1 amide bonds. The fourth-order valence-electron chi connectivity index (χ4n) is 2.47. The molecule has 0 atom stereocenters. The number of rotatable bonds is 4. The van der Waals surface area contributed by atoms with Crippen LogP contribution in [-0.2, 0) is 0 Å². The van der Waals surface area contributed by atoms with E-state index in [-0.39, 0.29) is 11.9 Å². The molecular weight excluding hydrogens is 284 g/mol. The molecule has 0 saturated heterocycles. The normalized spacial score (nSPS) is 10.5. The van der Waals surface area contributed by atoms with Gasteiger partial charge in [0, 0.05) is 11.9 Å². The minimum absolute atomic E-state index is 0.129. The predicted molar refractivity (Wildman–Crippen MR) is 91.2 cm³/mol. The van der Waals surface area contributed by atoms with Gasteiger partial charge in [-0.2, -0.15) is 0 Å². The van der Waals surface area contributed by atoms with Gasteiger partial charge in [-0.1, -0.05) is 60.7 Å². The lowest BCUT2D eigenvalue weighted by molar-refractivity contribution is 0.0942. The molecule has 3 nitrogen and oxygen atoms in total. The molecule has 3 heteroatoms. The van der Waals surface area contributed by atoms with Gasteiger partial charge < -0.3 is 5.32 Å². The molecule has 1 N–H and O–H groups in total. The molecule has 0 bridgehead atoms. The van der Waals surface area contributed by atoms with Gasteiger partial charge in [-0.15, -0.1) is 0 Å². The number of nitrogens with zero attached hydrogens (tertiary/aromatic N) is 1. The summed E-state index contributed by atoms with van der Waals surface area (Å²) in [7, 11) is 0. The van der Waals surface area contributed by atoms with Gasteiger partial charge in [0.2, 0.25) is 0 Å². The van der Waals surface area contributed by atoms with E-state index in [0.717, 1.165) is 16.8 Å². The zero-order valence-corrected chi connectivity index (χ0v) is 12.9. The van der Waals surface area contributed by atoms with Crippen LogP contribution in [0.25, 0.3) is 0 Å². The fraction of sp³-hybridized carbons (Fsp3) is 0.100. The van der Waals surface area contributed by atoms with Crippen molar-refractivity contribution < 1.29 is 4.79 Å². The van der Waals surface area contributed by atoms with Crippen molar-refractivity contribution in [3.63, 3.8) is 0 Å². The van der Waals surface area contributed by atoms with E-state index in [1.54, 1.807) is 12.3 Å². The average molecular weight is 302 g/mol. The van der Waals surface area contributed by atoms with E-state index in [4.69, 9.17) is 0 Å². The maximum atomic E-state index is 12.6. The highest BCUT2D eigenvalue weighted by atomic mass is 16.1. The number of carbonyl (C=O) groups is 1. The van der Waals surface area contributed by atoms with Gasteiger partial charge in [-0.3, -0.25) is 9.78 Å². The van der Waals surface area contributed by atoms with E-state index in [1.807, 2.05) is 73.7 Å². The van der Waals surface area contributed by atoms with Gasteiger partial charge in [0.15, 0.2) is 0 Å². The summed E-state index contributed by atoms with van der Waals surface area (Å²) in [5.41, 5.74) is 3.55. The van der Waals surface area contributed by atoms with E-state index >= 15 is 0 Å². The first-order chi connectivity index (χ1) is 11.2. The molecule has 23 heavy (non-hydrogen) atoms. The molecule has 0 fully saturated rings. The molecule has 3 rings (SSSR count). The smallest absolute Gasteiger partial charge is 0.253 e. The molecule has 0 unspecified atom stereocenters. The van der Waals surface area contributed by atoms with Crippen LogP contribution in [0, 0.1) is 6.92 Å². The number of carbonyl (C=O) groups excluding carboxylic acids is 1. The number of hydrogen-bond donors (Lipinski definition) is 1. The second-order valence-corrected chi connectivity index (χ2v) is 5.42. The Morgan fingerprint density at radius 2 is 1.43 bits per heavy atom. The number of aryl methyl sites for hydroxylation is 1. The van der Waals surface area contributed by atoms with Gasteiger partial charge in [-0.05, 0) is 30.2 Å². The molecule has 1 heterocycles. The molecular formula is C20H18N2O. The van der Waals surface area contributed by atoms with Crippen LogP contribution in [-0.4, -0.2) is 10.9 Å². The molecule has 3 aromatic rings. The second kappa shape index (κ2) is 6.88. The highest BCUT2D eigenvalue weighted by molar-refractivity contribution is 5.94. The van der Waals surface area contributed by atoms with E-state index in [2.05, 4.69) is 10.3 Å². The van der Waals surface area contributed by atoms with Crippen LogP contribution in [0.3, 0.4) is 0 Å². The van der Waals surface area contributed by atoms with Crippen LogP contribution in [0.15, 0.2) is 79.0 Å². The Bertz CT molecular complexity index is 728. The molecule has 114 valence electrons. The zero-order valence-electron chi connectivity index (χ0n) is 12.9. The predicted octanol–water partition coefficient (Wildman–Crippen LogP) is 3.91. The Hall–Kier alpha value is -2.94. The Morgan fingerprint density at radius 1 is 0.870 bits per heavy atom. The molecule has 0 aliphatic carbocycles. The van der Waals surface area contributed by atoms with Crippen LogP contribution in [0.4, 0.5) is 0 Å². The van der Waals surface area contributed by atoms with Gasteiger partial charge in [-0.25, -0.2) is 0 Å². The third-order valence-corrected chi connectivity index (χ3v) is 3.71. The van der Waals surface area contributed by atoms with Crippen molar-refractivity contribution >= 4 is 5.91 Å². The number of benzene rings is 2. The quantitative estimate of drug-likeness (QED) is 0.794. The zero-order chi connectivity index (χ0) is 16.1. The van der Waals surface area contributed by atoms with Crippen molar-refractivity contribution in [2.24, 2.45) is 0 Å². The molecule has 0 aliphatic heterocycles. The van der Waals surface area contributed by atoms with Gasteiger partial charge >= 0.3 is 0 Å². The van der Waals surface area contributed by atoms with Crippen molar-refractivity contribution in [2.45, 2.75) is 13.0 Å². The summed E-state index contributed by atoms with van der Waals surface area (Å²) in [4.78, 5) is 16.8. The summed E-state index contributed by atoms with van der Waals surface area (Å²) in [6.45, 7) is 1.90. The summed E-state index contributed by atoms with van der Waals surface area (Å²) in [5, 5.41) is 3.11. The maximum Gasteiger partial charge on any atom is 0.253 e. The Balaban J connectivity index is 1.90. The highest BCUT2D eigenvalue weighted by Gasteiger charge is 2.17. The summed E-state index contributed by atoms with van der Waals surface area (Å²) in [5.74, 6) is -0.129. The van der Waals surface area contributed by atoms with Crippen LogP contribution < -0.4 is 5.32 Å². The Labute approximate surface area is 136 Å². The topological polar surface area (TPSA) is 42.0 Å². The van der Waals surface area contributed by atoms with Gasteiger partial charge in [0.1, 0.15) is 0 Å². The molecule has 0 saturated carbocycles. The first-order valence-corrected chi connectivity index (χ1v) is 7.57. The number of amides is 1. The van der Waals surface area contributed by atoms with Crippen LogP contribution in [0.2, 0.25) is 0 Å². The van der Waals surface area contributed by atoms with Crippen LogP contribution in [0.5, 0.6) is 0 Å². The third kappa shape index (κ3) is 3.64. The molecule has 0 radical (unpaired) electrons. The number of aromatic nitrogens is 1. The van der Waals surface area contributed by atoms with E-state index in [9.17, 15) is 4.79 Å². The highest BCUT2D eigenvalue weighted by Crippen LogP contribution is 2.22. The maximum absolute atomic E-state index is 12.6. The largest absolute Gasteiger partial charge is 0.341 e. The van der Waals surface area contributed by atoms with Crippen molar-refractivity contribution in [1.82, 2.24) is 10.3 Å². The van der Waals surface area contributed by atoms with Crippen molar-refractivity contribution in [3.05, 3.63) is 101 Å². The number of pyridine rings is 1. The minimum atomic E-state index is -0.189. The summed E-state index contributed by atoms with van der Waals surface area (Å²) < 4.78 is 0. The van der Waals surface area contributed by atoms with Crippen LogP contribution in [0.1, 0.15) is 33.2 Å². The summed E-state index contributed by atoms with van der Waals surface area (Å²) in [6.07, 6.45) is 1.61. The average Bonchev–Trinajstić information content (AvgIpc) is 2.61. The van der Waals surface area contributed by atoms with Crippen molar-refractivity contribution in [3.8, 4) is 0 Å². The minimum Gasteiger partial charge on any atom is -0.341 e. The van der Waals surface area contributed by atoms with E-state index < -0.39 is 0 Å². The SMILES string of the molecule is Cc1ccc(C(=O)NC(c2ccccc2)c2ccccc2)cn1. The van der Waals surface area contributed by atoms with E-state index in [0.29, 0.717) is 5.56 Å². The first kappa shape index (κ1) is 15.0. The fourth-order valence-corrected chi connectivity index (χ4v) is 2.47. The molecule has 0 aliphatic rings. The van der Waals surface area contributed by atoms with Gasteiger partial charge in [0.05, 0.1) is 11.6 Å². The van der Waals surface area contributed by atoms with Crippen molar-refractivity contribution in [2.75, 3.05) is 0 Å². The lowest BCUT2D eigenvalue weighted by atomic mass is 9.98. The number of nitrogens with one attached hydrogen (secondary N) is 1. The number of hydrogen-bond acceptors (Lipinski definition) is 2. The molecule has 0 spiro atoms. The molecule has 2 aromatic carbocycles. The lowest BCUT2D eigenvalue weighted by Crippen LogP contribution is -2.29. The monoisotopic (exact) mass is 302 g/mol. The Morgan fingerprint density at radius 3 is 1.91 bits per heavy atom. The molecule has 1 aromatic heterocycles.